The molecule has 1 aromatic rings. The molecule has 1 atom stereocenters. The third kappa shape index (κ3) is 2.72. The Hall–Kier alpha value is -1.51. The van der Waals surface area contributed by atoms with Crippen LogP contribution < -0.4 is 10.5 Å². The van der Waals surface area contributed by atoms with E-state index in [1.807, 2.05) is 39.0 Å². The van der Waals surface area contributed by atoms with Crippen molar-refractivity contribution in [1.82, 2.24) is 0 Å². The molecule has 0 radical (unpaired) electrons. The van der Waals surface area contributed by atoms with Crippen molar-refractivity contribution in [3.8, 4) is 5.75 Å². The summed E-state index contributed by atoms with van der Waals surface area (Å²) in [5, 5.41) is 0. The van der Waals surface area contributed by atoms with Crippen molar-refractivity contribution in [3.63, 3.8) is 0 Å². The fourth-order valence-electron chi connectivity index (χ4n) is 1.47. The maximum Gasteiger partial charge on any atom is 0.258 e. The number of nitrogens with two attached hydrogens (primary N) is 1. The van der Waals surface area contributed by atoms with E-state index in [9.17, 15) is 4.79 Å². The molecular weight excluding hydrogens is 190 g/mol. The molecule has 0 heterocycles. The summed E-state index contributed by atoms with van der Waals surface area (Å²) in [6.45, 7) is 5.79. The zero-order valence-electron chi connectivity index (χ0n) is 9.41. The number of hydrogen-bond donors (Lipinski definition) is 1. The molecule has 0 saturated heterocycles. The van der Waals surface area contributed by atoms with Crippen LogP contribution in [0.1, 0.15) is 24.5 Å². The number of para-hydroxylation sites is 1. The van der Waals surface area contributed by atoms with Gasteiger partial charge in [0.25, 0.3) is 5.91 Å². The lowest BCUT2D eigenvalue weighted by Crippen LogP contribution is -2.33. The second kappa shape index (κ2) is 4.82. The van der Waals surface area contributed by atoms with E-state index in [2.05, 4.69) is 0 Å². The predicted molar refractivity (Wildman–Crippen MR) is 59.8 cm³/mol. The van der Waals surface area contributed by atoms with Gasteiger partial charge >= 0.3 is 0 Å². The van der Waals surface area contributed by atoms with Gasteiger partial charge in [-0.2, -0.15) is 0 Å². The van der Waals surface area contributed by atoms with Crippen molar-refractivity contribution in [3.05, 3.63) is 29.3 Å². The molecule has 3 nitrogen and oxygen atoms in total. The highest BCUT2D eigenvalue weighted by Gasteiger charge is 2.16. The first-order valence-electron chi connectivity index (χ1n) is 5.08. The number of hydrogen-bond acceptors (Lipinski definition) is 2. The smallest absolute Gasteiger partial charge is 0.258 e. The molecular formula is C12H17NO2. The van der Waals surface area contributed by atoms with E-state index in [0.717, 1.165) is 16.9 Å². The molecule has 1 amide bonds. The van der Waals surface area contributed by atoms with Gasteiger partial charge in [0.1, 0.15) is 5.75 Å². The fraction of sp³-hybridized carbons (Fsp3) is 0.417. The van der Waals surface area contributed by atoms with Crippen LogP contribution in [-0.2, 0) is 4.79 Å². The number of primary amides is 1. The number of aryl methyl sites for hydroxylation is 2. The van der Waals surface area contributed by atoms with E-state index in [-0.39, 0.29) is 0 Å². The summed E-state index contributed by atoms with van der Waals surface area (Å²) in [4.78, 5) is 11.1. The van der Waals surface area contributed by atoms with Gasteiger partial charge in [-0.3, -0.25) is 4.79 Å². The van der Waals surface area contributed by atoms with E-state index in [4.69, 9.17) is 10.5 Å². The molecule has 1 unspecified atom stereocenters. The summed E-state index contributed by atoms with van der Waals surface area (Å²) in [5.41, 5.74) is 7.28. The van der Waals surface area contributed by atoms with E-state index in [1.54, 1.807) is 0 Å². The third-order valence-electron chi connectivity index (χ3n) is 2.36. The SMILES string of the molecule is CCC(Oc1c(C)cccc1C)C(N)=O. The maximum absolute atomic E-state index is 11.1. The summed E-state index contributed by atoms with van der Waals surface area (Å²) >= 11 is 0. The van der Waals surface area contributed by atoms with Gasteiger partial charge in [-0.15, -0.1) is 0 Å². The minimum Gasteiger partial charge on any atom is -0.480 e. The van der Waals surface area contributed by atoms with Gasteiger partial charge in [0.15, 0.2) is 6.10 Å². The number of carbonyl (C=O) groups excluding carboxylic acids is 1. The molecule has 82 valence electrons. The summed E-state index contributed by atoms with van der Waals surface area (Å²) in [7, 11) is 0. The Bertz CT molecular complexity index is 340. The Morgan fingerprint density at radius 2 is 1.93 bits per heavy atom. The highest BCUT2D eigenvalue weighted by molar-refractivity contribution is 5.79. The van der Waals surface area contributed by atoms with Crippen LogP contribution in [0.3, 0.4) is 0 Å². The van der Waals surface area contributed by atoms with Gasteiger partial charge in [0, 0.05) is 0 Å². The molecule has 0 aromatic heterocycles. The highest BCUT2D eigenvalue weighted by Crippen LogP contribution is 2.23. The molecule has 0 aliphatic heterocycles. The number of amides is 1. The zero-order chi connectivity index (χ0) is 11.4. The summed E-state index contributed by atoms with van der Waals surface area (Å²) in [6.07, 6.45) is 0.0492. The normalized spacial score (nSPS) is 12.2. The van der Waals surface area contributed by atoms with Gasteiger partial charge < -0.3 is 10.5 Å². The van der Waals surface area contributed by atoms with E-state index < -0.39 is 12.0 Å². The van der Waals surface area contributed by atoms with E-state index in [0.29, 0.717) is 6.42 Å². The van der Waals surface area contributed by atoms with E-state index >= 15 is 0 Å². The Kier molecular flexibility index (Phi) is 3.72. The maximum atomic E-state index is 11.1. The van der Waals surface area contributed by atoms with Crippen LogP contribution in [0, 0.1) is 13.8 Å². The fourth-order valence-corrected chi connectivity index (χ4v) is 1.47. The minimum absolute atomic E-state index is 0.417. The Balaban J connectivity index is 2.92. The Labute approximate surface area is 90.2 Å². The quantitative estimate of drug-likeness (QED) is 0.820. The van der Waals surface area contributed by atoms with Crippen LogP contribution in [0.15, 0.2) is 18.2 Å². The summed E-state index contributed by atoms with van der Waals surface area (Å²) in [5.74, 6) is 0.350. The predicted octanol–water partition coefficient (Wildman–Crippen LogP) is 1.95. The second-order valence-corrected chi connectivity index (χ2v) is 3.64. The van der Waals surface area contributed by atoms with Gasteiger partial charge in [0.2, 0.25) is 0 Å². The van der Waals surface area contributed by atoms with Gasteiger partial charge in [0.05, 0.1) is 0 Å². The number of ether oxygens (including phenoxy) is 1. The zero-order valence-corrected chi connectivity index (χ0v) is 9.41. The lowest BCUT2D eigenvalue weighted by atomic mass is 10.1. The molecule has 0 spiro atoms. The van der Waals surface area contributed by atoms with Crippen molar-refractivity contribution >= 4 is 5.91 Å². The molecule has 0 saturated carbocycles. The van der Waals surface area contributed by atoms with Crippen molar-refractivity contribution < 1.29 is 9.53 Å². The standard InChI is InChI=1S/C12H17NO2/c1-4-10(12(13)14)15-11-8(2)6-5-7-9(11)3/h5-7,10H,4H2,1-3H3,(H2,13,14). The first-order valence-corrected chi connectivity index (χ1v) is 5.08. The van der Waals surface area contributed by atoms with Crippen LogP contribution in [-0.4, -0.2) is 12.0 Å². The molecule has 0 aliphatic rings. The molecule has 3 heteroatoms. The molecule has 1 aromatic carbocycles. The Morgan fingerprint density at radius 1 is 1.40 bits per heavy atom. The highest BCUT2D eigenvalue weighted by atomic mass is 16.5. The van der Waals surface area contributed by atoms with Crippen LogP contribution in [0.4, 0.5) is 0 Å². The topological polar surface area (TPSA) is 52.3 Å². The van der Waals surface area contributed by atoms with Crippen LogP contribution in [0.25, 0.3) is 0 Å². The largest absolute Gasteiger partial charge is 0.480 e. The van der Waals surface area contributed by atoms with Crippen LogP contribution in [0.5, 0.6) is 5.75 Å². The summed E-state index contributed by atoms with van der Waals surface area (Å²) < 4.78 is 5.61. The van der Waals surface area contributed by atoms with Crippen LogP contribution in [0.2, 0.25) is 0 Å². The number of rotatable bonds is 4. The van der Waals surface area contributed by atoms with Crippen molar-refractivity contribution in [1.29, 1.82) is 0 Å². The first-order chi connectivity index (χ1) is 7.06. The van der Waals surface area contributed by atoms with Gasteiger partial charge in [-0.1, -0.05) is 25.1 Å². The number of benzene rings is 1. The lowest BCUT2D eigenvalue weighted by molar-refractivity contribution is -0.124. The average Bonchev–Trinajstić information content (AvgIpc) is 2.17. The minimum atomic E-state index is -0.537. The lowest BCUT2D eigenvalue weighted by Gasteiger charge is -2.17. The molecule has 0 fully saturated rings. The van der Waals surface area contributed by atoms with Crippen molar-refractivity contribution in [2.24, 2.45) is 5.73 Å². The van der Waals surface area contributed by atoms with Crippen LogP contribution >= 0.6 is 0 Å². The molecule has 15 heavy (non-hydrogen) atoms. The van der Waals surface area contributed by atoms with Crippen molar-refractivity contribution in [2.75, 3.05) is 0 Å². The van der Waals surface area contributed by atoms with Crippen molar-refractivity contribution in [2.45, 2.75) is 33.3 Å². The summed E-state index contributed by atoms with van der Waals surface area (Å²) in [6, 6.07) is 5.87. The van der Waals surface area contributed by atoms with E-state index in [1.165, 1.54) is 0 Å². The average molecular weight is 207 g/mol. The third-order valence-corrected chi connectivity index (χ3v) is 2.36. The molecule has 2 N–H and O–H groups in total. The first kappa shape index (κ1) is 11.6. The molecule has 0 bridgehead atoms. The van der Waals surface area contributed by atoms with Gasteiger partial charge in [-0.05, 0) is 31.4 Å². The monoisotopic (exact) mass is 207 g/mol. The molecule has 0 aliphatic carbocycles. The molecule has 1 rings (SSSR count). The van der Waals surface area contributed by atoms with Gasteiger partial charge in [-0.25, -0.2) is 0 Å². The second-order valence-electron chi connectivity index (χ2n) is 3.64. The Morgan fingerprint density at radius 3 is 2.33 bits per heavy atom. The number of carbonyl (C=O) groups is 1.